The number of nitrogens with one attached hydrogen (secondary N) is 1. The van der Waals surface area contributed by atoms with E-state index in [2.05, 4.69) is 25.2 Å². The van der Waals surface area contributed by atoms with Gasteiger partial charge in [-0.15, -0.1) is 0 Å². The minimum atomic E-state index is -0.457. The van der Waals surface area contributed by atoms with Crippen LogP contribution in [0.1, 0.15) is 45.1 Å². The molecule has 124 valence electrons. The molecule has 24 heavy (non-hydrogen) atoms. The molecule has 1 aromatic rings. The summed E-state index contributed by atoms with van der Waals surface area (Å²) >= 11 is 12.6. The maximum Gasteiger partial charge on any atom is 0.162 e. The molecule has 1 N–H and O–H groups in total. The molecule has 1 aliphatic carbocycles. The van der Waals surface area contributed by atoms with E-state index in [4.69, 9.17) is 23.2 Å². The molecule has 3 rings (SSSR count). The Labute approximate surface area is 151 Å². The van der Waals surface area contributed by atoms with Crippen molar-refractivity contribution in [3.63, 3.8) is 0 Å². The molecule has 1 aromatic carbocycles. The Morgan fingerprint density at radius 2 is 2.00 bits per heavy atom. The Morgan fingerprint density at radius 1 is 1.29 bits per heavy atom. The van der Waals surface area contributed by atoms with Gasteiger partial charge < -0.3 is 5.32 Å². The van der Waals surface area contributed by atoms with Gasteiger partial charge in [0.25, 0.3) is 0 Å². The molecule has 3 nitrogen and oxygen atoms in total. The van der Waals surface area contributed by atoms with Gasteiger partial charge in [-0.05, 0) is 30.4 Å². The van der Waals surface area contributed by atoms with Gasteiger partial charge in [0.05, 0.1) is 27.6 Å². The van der Waals surface area contributed by atoms with Crippen LogP contribution >= 0.6 is 23.2 Å². The lowest BCUT2D eigenvalue weighted by molar-refractivity contribution is -0.118. The molecule has 1 atom stereocenters. The maximum absolute atomic E-state index is 12.9. The Hall–Kier alpha value is -1.76. The van der Waals surface area contributed by atoms with Crippen LogP contribution in [0.2, 0.25) is 10.0 Å². The summed E-state index contributed by atoms with van der Waals surface area (Å²) in [6, 6.07) is 7.60. The lowest BCUT2D eigenvalue weighted by atomic mass is 9.69. The van der Waals surface area contributed by atoms with Crippen molar-refractivity contribution in [2.75, 3.05) is 0 Å². The van der Waals surface area contributed by atoms with Crippen molar-refractivity contribution in [2.45, 2.75) is 39.5 Å². The molecule has 2 aliphatic rings. The first-order valence-electron chi connectivity index (χ1n) is 7.83. The Kier molecular flexibility index (Phi) is 4.23. The number of Topliss-reactive ketones (excluding diaryl/α,β-unsaturated/α-hetero) is 1. The van der Waals surface area contributed by atoms with E-state index in [-0.39, 0.29) is 11.2 Å². The van der Waals surface area contributed by atoms with E-state index in [1.807, 2.05) is 13.0 Å². The number of ketones is 1. The third kappa shape index (κ3) is 2.75. The summed E-state index contributed by atoms with van der Waals surface area (Å²) in [5.41, 5.74) is 3.45. The van der Waals surface area contributed by atoms with Gasteiger partial charge in [-0.3, -0.25) is 4.79 Å². The second-order valence-electron chi connectivity index (χ2n) is 7.18. The van der Waals surface area contributed by atoms with E-state index in [0.29, 0.717) is 33.2 Å². The van der Waals surface area contributed by atoms with Crippen LogP contribution < -0.4 is 5.32 Å². The van der Waals surface area contributed by atoms with Crippen LogP contribution in [-0.4, -0.2) is 5.78 Å². The van der Waals surface area contributed by atoms with Gasteiger partial charge in [-0.2, -0.15) is 5.26 Å². The summed E-state index contributed by atoms with van der Waals surface area (Å²) < 4.78 is 0. The number of carbonyl (C=O) groups is 1. The lowest BCUT2D eigenvalue weighted by Crippen LogP contribution is -2.36. The van der Waals surface area contributed by atoms with Gasteiger partial charge in [0.2, 0.25) is 0 Å². The molecule has 0 spiro atoms. The lowest BCUT2D eigenvalue weighted by Gasteiger charge is -2.38. The van der Waals surface area contributed by atoms with Crippen molar-refractivity contribution in [1.29, 1.82) is 5.26 Å². The van der Waals surface area contributed by atoms with Crippen molar-refractivity contribution >= 4 is 29.0 Å². The molecule has 0 fully saturated rings. The van der Waals surface area contributed by atoms with Gasteiger partial charge in [0, 0.05) is 23.4 Å². The van der Waals surface area contributed by atoms with Crippen LogP contribution in [0.5, 0.6) is 0 Å². The maximum atomic E-state index is 12.9. The Bertz CT molecular complexity index is 843. The van der Waals surface area contributed by atoms with Gasteiger partial charge in [-0.1, -0.05) is 49.2 Å². The average Bonchev–Trinajstić information content (AvgIpc) is 2.47. The number of benzene rings is 1. The van der Waals surface area contributed by atoms with Gasteiger partial charge in [0.15, 0.2) is 5.78 Å². The SMILES string of the molecule is CC1=C(C#N)C(c2cccc(Cl)c2Cl)C2=C(CC(C)(C)CC2=O)N1. The molecule has 1 heterocycles. The van der Waals surface area contributed by atoms with Gasteiger partial charge >= 0.3 is 0 Å². The van der Waals surface area contributed by atoms with E-state index in [0.717, 1.165) is 17.8 Å². The van der Waals surface area contributed by atoms with E-state index in [1.54, 1.807) is 12.1 Å². The fraction of sp³-hybridized carbons (Fsp3) is 0.368. The predicted molar refractivity (Wildman–Crippen MR) is 95.7 cm³/mol. The summed E-state index contributed by atoms with van der Waals surface area (Å²) in [4.78, 5) is 12.9. The standard InChI is InChI=1S/C19H18Cl2N2O/c1-10-12(9-22)16(11-5-4-6-13(20)18(11)21)17-14(23-10)7-19(2,3)8-15(17)24/h4-6,16,23H,7-8H2,1-3H3. The van der Waals surface area contributed by atoms with Crippen LogP contribution in [0.3, 0.4) is 0 Å². The third-order valence-corrected chi connectivity index (χ3v) is 5.49. The summed E-state index contributed by atoms with van der Waals surface area (Å²) in [5, 5.41) is 13.8. The molecular weight excluding hydrogens is 343 g/mol. The largest absolute Gasteiger partial charge is 0.361 e. The molecule has 0 aromatic heterocycles. The predicted octanol–water partition coefficient (Wildman–Crippen LogP) is 5.12. The third-order valence-electron chi connectivity index (χ3n) is 4.65. The quantitative estimate of drug-likeness (QED) is 0.755. The first-order valence-corrected chi connectivity index (χ1v) is 8.59. The summed E-state index contributed by atoms with van der Waals surface area (Å²) in [6.07, 6.45) is 1.22. The van der Waals surface area contributed by atoms with Crippen molar-refractivity contribution in [3.8, 4) is 6.07 Å². The minimum absolute atomic E-state index is 0.0649. The summed E-state index contributed by atoms with van der Waals surface area (Å²) in [5.74, 6) is -0.393. The molecule has 0 amide bonds. The Balaban J connectivity index is 2.24. The molecule has 0 radical (unpaired) electrons. The van der Waals surface area contributed by atoms with Crippen LogP contribution in [-0.2, 0) is 4.79 Å². The minimum Gasteiger partial charge on any atom is -0.361 e. The molecular formula is C19H18Cl2N2O. The second kappa shape index (κ2) is 5.95. The molecule has 0 saturated carbocycles. The normalized spacial score (nSPS) is 22.8. The highest BCUT2D eigenvalue weighted by atomic mass is 35.5. The fourth-order valence-corrected chi connectivity index (χ4v) is 4.06. The molecule has 0 bridgehead atoms. The number of hydrogen-bond acceptors (Lipinski definition) is 3. The molecule has 1 aliphatic heterocycles. The van der Waals surface area contributed by atoms with Crippen molar-refractivity contribution < 1.29 is 4.79 Å². The van der Waals surface area contributed by atoms with Crippen LogP contribution in [0, 0.1) is 16.7 Å². The number of rotatable bonds is 1. The number of halogens is 2. The number of dihydropyridines is 1. The van der Waals surface area contributed by atoms with Crippen molar-refractivity contribution in [2.24, 2.45) is 5.41 Å². The zero-order chi connectivity index (χ0) is 17.6. The first-order chi connectivity index (χ1) is 11.2. The summed E-state index contributed by atoms with van der Waals surface area (Å²) in [6.45, 7) is 6.02. The topological polar surface area (TPSA) is 52.9 Å². The van der Waals surface area contributed by atoms with Gasteiger partial charge in [-0.25, -0.2) is 0 Å². The number of nitriles is 1. The Morgan fingerprint density at radius 3 is 2.67 bits per heavy atom. The van der Waals surface area contributed by atoms with Crippen LogP contribution in [0.4, 0.5) is 0 Å². The van der Waals surface area contributed by atoms with E-state index < -0.39 is 5.92 Å². The zero-order valence-corrected chi connectivity index (χ0v) is 15.3. The zero-order valence-electron chi connectivity index (χ0n) is 13.8. The fourth-order valence-electron chi connectivity index (χ4n) is 3.64. The summed E-state index contributed by atoms with van der Waals surface area (Å²) in [7, 11) is 0. The number of hydrogen-bond donors (Lipinski definition) is 1. The smallest absolute Gasteiger partial charge is 0.162 e. The first kappa shape index (κ1) is 17.1. The van der Waals surface area contributed by atoms with Crippen molar-refractivity contribution in [1.82, 2.24) is 5.32 Å². The molecule has 1 unspecified atom stereocenters. The highest BCUT2D eigenvalue weighted by Gasteiger charge is 2.41. The number of nitrogens with zero attached hydrogens (tertiary/aromatic N) is 1. The van der Waals surface area contributed by atoms with E-state index >= 15 is 0 Å². The average molecular weight is 361 g/mol. The number of allylic oxidation sites excluding steroid dienone is 4. The van der Waals surface area contributed by atoms with Crippen molar-refractivity contribution in [3.05, 3.63) is 56.3 Å². The highest BCUT2D eigenvalue weighted by molar-refractivity contribution is 6.42. The highest BCUT2D eigenvalue weighted by Crippen LogP contribution is 2.48. The van der Waals surface area contributed by atoms with Crippen LogP contribution in [0.25, 0.3) is 0 Å². The van der Waals surface area contributed by atoms with E-state index in [9.17, 15) is 10.1 Å². The molecule has 0 saturated heterocycles. The van der Waals surface area contributed by atoms with E-state index in [1.165, 1.54) is 0 Å². The monoisotopic (exact) mass is 360 g/mol. The van der Waals surface area contributed by atoms with Gasteiger partial charge in [0.1, 0.15) is 0 Å². The second-order valence-corrected chi connectivity index (χ2v) is 7.97. The van der Waals surface area contributed by atoms with Crippen LogP contribution in [0.15, 0.2) is 40.7 Å². The molecule has 5 heteroatoms. The number of carbonyl (C=O) groups excluding carboxylic acids is 1.